The zero-order chi connectivity index (χ0) is 16.2. The Kier molecular flexibility index (Phi) is 5.56. The zero-order valence-corrected chi connectivity index (χ0v) is 13.2. The molecule has 21 heavy (non-hydrogen) atoms. The molecule has 0 saturated carbocycles. The molecule has 1 aromatic rings. The molecule has 0 bridgehead atoms. The van der Waals surface area contributed by atoms with E-state index < -0.39 is 23.4 Å². The number of hydrogen-bond donors (Lipinski definition) is 1. The summed E-state index contributed by atoms with van der Waals surface area (Å²) in [7, 11) is 0. The van der Waals surface area contributed by atoms with E-state index in [-0.39, 0.29) is 16.7 Å². The molecule has 0 radical (unpaired) electrons. The molecule has 0 unspecified atom stereocenters. The first kappa shape index (κ1) is 17.3. The molecule has 1 rings (SSSR count). The van der Waals surface area contributed by atoms with Crippen LogP contribution in [0.3, 0.4) is 0 Å². The van der Waals surface area contributed by atoms with E-state index in [4.69, 9.17) is 16.3 Å². The molecule has 1 amide bonds. The van der Waals surface area contributed by atoms with E-state index in [1.807, 2.05) is 13.8 Å². The molecule has 0 aromatic heterocycles. The number of rotatable bonds is 5. The number of carbonyl (C=O) groups excluding carboxylic acids is 1. The topological polar surface area (TPSA) is 62.1 Å². The number of amides is 1. The lowest BCUT2D eigenvalue weighted by atomic mass is 9.90. The number of halogens is 2. The van der Waals surface area contributed by atoms with Crippen molar-refractivity contribution in [3.63, 3.8) is 0 Å². The van der Waals surface area contributed by atoms with E-state index >= 15 is 0 Å². The Labute approximate surface area is 128 Å². The fraction of sp³-hybridized carbons (Fsp3) is 0.467. The van der Waals surface area contributed by atoms with Crippen LogP contribution in [0.1, 0.15) is 27.7 Å². The molecule has 1 N–H and O–H groups in total. The van der Waals surface area contributed by atoms with Crippen LogP contribution in [0, 0.1) is 23.1 Å². The quantitative estimate of drug-likeness (QED) is 0.907. The summed E-state index contributed by atoms with van der Waals surface area (Å²) in [5.41, 5.74) is -0.985. The molecule has 0 aliphatic rings. The highest BCUT2D eigenvalue weighted by molar-refractivity contribution is 6.32. The zero-order valence-electron chi connectivity index (χ0n) is 12.4. The minimum atomic E-state index is -0.985. The van der Waals surface area contributed by atoms with Gasteiger partial charge in [0.05, 0.1) is 11.1 Å². The van der Waals surface area contributed by atoms with Crippen LogP contribution in [0.15, 0.2) is 18.2 Å². The van der Waals surface area contributed by atoms with Gasteiger partial charge in [-0.05, 0) is 38.0 Å². The molecule has 4 nitrogen and oxygen atoms in total. The van der Waals surface area contributed by atoms with Crippen molar-refractivity contribution in [3.8, 4) is 11.8 Å². The first-order valence-electron chi connectivity index (χ1n) is 6.54. The Morgan fingerprint density at radius 3 is 2.57 bits per heavy atom. The molecule has 0 aliphatic carbocycles. The molecule has 0 saturated heterocycles. The Hall–Kier alpha value is -1.80. The van der Waals surface area contributed by atoms with E-state index in [1.165, 1.54) is 19.1 Å². The van der Waals surface area contributed by atoms with Crippen LogP contribution in [0.5, 0.6) is 5.75 Å². The van der Waals surface area contributed by atoms with Crippen LogP contribution in [0.2, 0.25) is 5.02 Å². The largest absolute Gasteiger partial charge is 0.479 e. The average molecular weight is 313 g/mol. The Balaban J connectivity index is 2.78. The fourth-order valence-corrected chi connectivity index (χ4v) is 1.69. The van der Waals surface area contributed by atoms with Crippen LogP contribution < -0.4 is 10.1 Å². The number of hydrogen-bond acceptors (Lipinski definition) is 3. The second-order valence-electron chi connectivity index (χ2n) is 5.29. The number of nitrogens with one attached hydrogen (secondary N) is 1. The second kappa shape index (κ2) is 6.77. The van der Waals surface area contributed by atoms with E-state index in [1.54, 1.807) is 6.92 Å². The van der Waals surface area contributed by atoms with Gasteiger partial charge in [-0.25, -0.2) is 4.39 Å². The maximum absolute atomic E-state index is 12.9. The first-order chi connectivity index (χ1) is 9.69. The normalized spacial score (nSPS) is 15.0. The van der Waals surface area contributed by atoms with Crippen molar-refractivity contribution in [1.82, 2.24) is 5.32 Å². The first-order valence-corrected chi connectivity index (χ1v) is 6.92. The molecular formula is C15H18ClFN2O2. The van der Waals surface area contributed by atoms with Crippen LogP contribution in [-0.2, 0) is 4.79 Å². The highest BCUT2D eigenvalue weighted by Crippen LogP contribution is 2.26. The van der Waals surface area contributed by atoms with Crippen molar-refractivity contribution in [3.05, 3.63) is 29.0 Å². The molecule has 114 valence electrons. The van der Waals surface area contributed by atoms with Gasteiger partial charge in [0, 0.05) is 0 Å². The van der Waals surface area contributed by atoms with Gasteiger partial charge in [0.1, 0.15) is 17.1 Å². The lowest BCUT2D eigenvalue weighted by Crippen LogP contribution is -2.52. The summed E-state index contributed by atoms with van der Waals surface area (Å²) in [5, 5.41) is 11.9. The molecular weight excluding hydrogens is 295 g/mol. The minimum absolute atomic E-state index is 0.0620. The van der Waals surface area contributed by atoms with Crippen LogP contribution in [0.4, 0.5) is 4.39 Å². The van der Waals surface area contributed by atoms with Crippen LogP contribution in [-0.4, -0.2) is 17.6 Å². The summed E-state index contributed by atoms with van der Waals surface area (Å²) in [6.45, 7) is 6.86. The van der Waals surface area contributed by atoms with Crippen molar-refractivity contribution < 1.29 is 13.9 Å². The number of ether oxygens (including phenoxy) is 1. The van der Waals surface area contributed by atoms with Crippen molar-refractivity contribution in [2.75, 3.05) is 0 Å². The van der Waals surface area contributed by atoms with Gasteiger partial charge in [-0.3, -0.25) is 4.79 Å². The highest BCUT2D eigenvalue weighted by atomic mass is 35.5. The monoisotopic (exact) mass is 312 g/mol. The van der Waals surface area contributed by atoms with Crippen molar-refractivity contribution in [2.24, 2.45) is 5.92 Å². The summed E-state index contributed by atoms with van der Waals surface area (Å²) in [4.78, 5) is 12.1. The Bertz CT molecular complexity index is 571. The van der Waals surface area contributed by atoms with Crippen molar-refractivity contribution >= 4 is 17.5 Å². The third-order valence-electron chi connectivity index (χ3n) is 3.34. The third kappa shape index (κ3) is 4.33. The summed E-state index contributed by atoms with van der Waals surface area (Å²) in [6.07, 6.45) is -0.862. The van der Waals surface area contributed by atoms with E-state index in [0.29, 0.717) is 0 Å². The summed E-state index contributed by atoms with van der Waals surface area (Å²) in [5.74, 6) is -0.772. The second-order valence-corrected chi connectivity index (χ2v) is 5.70. The summed E-state index contributed by atoms with van der Waals surface area (Å²) < 4.78 is 18.4. The van der Waals surface area contributed by atoms with Gasteiger partial charge >= 0.3 is 0 Å². The standard InChI is InChI=1S/C15H18ClFN2O2/c1-9(2)15(4,8-18)19-14(20)10(3)21-13-6-5-11(17)7-12(13)16/h5-7,9-10H,1-4H3,(H,19,20)/t10-,15+/m0/s1. The van der Waals surface area contributed by atoms with E-state index in [9.17, 15) is 14.4 Å². The molecule has 1 aromatic carbocycles. The number of nitriles is 1. The van der Waals surface area contributed by atoms with Gasteiger partial charge < -0.3 is 10.1 Å². The smallest absolute Gasteiger partial charge is 0.262 e. The van der Waals surface area contributed by atoms with Gasteiger partial charge in [-0.2, -0.15) is 5.26 Å². The lowest BCUT2D eigenvalue weighted by Gasteiger charge is -2.28. The fourth-order valence-electron chi connectivity index (χ4n) is 1.47. The number of carbonyl (C=O) groups is 1. The van der Waals surface area contributed by atoms with Gasteiger partial charge in [-0.15, -0.1) is 0 Å². The lowest BCUT2D eigenvalue weighted by molar-refractivity contribution is -0.128. The number of nitrogens with zero attached hydrogens (tertiary/aromatic N) is 1. The molecule has 0 aliphatic heterocycles. The van der Waals surface area contributed by atoms with Gasteiger partial charge in [0.25, 0.3) is 5.91 Å². The van der Waals surface area contributed by atoms with Gasteiger partial charge in [-0.1, -0.05) is 25.4 Å². The maximum Gasteiger partial charge on any atom is 0.262 e. The summed E-state index contributed by atoms with van der Waals surface area (Å²) >= 11 is 5.84. The Morgan fingerprint density at radius 2 is 2.10 bits per heavy atom. The van der Waals surface area contributed by atoms with Gasteiger partial charge in [0.2, 0.25) is 0 Å². The predicted octanol–water partition coefficient (Wildman–Crippen LogP) is 3.30. The maximum atomic E-state index is 12.9. The van der Waals surface area contributed by atoms with Crippen molar-refractivity contribution in [1.29, 1.82) is 5.26 Å². The summed E-state index contributed by atoms with van der Waals surface area (Å²) in [6, 6.07) is 5.74. The molecule has 6 heteroatoms. The minimum Gasteiger partial charge on any atom is -0.479 e. The average Bonchev–Trinajstić information content (AvgIpc) is 2.41. The molecule has 0 fully saturated rings. The van der Waals surface area contributed by atoms with E-state index in [2.05, 4.69) is 11.4 Å². The van der Waals surface area contributed by atoms with E-state index in [0.717, 1.165) is 6.07 Å². The third-order valence-corrected chi connectivity index (χ3v) is 3.63. The molecule has 0 spiro atoms. The van der Waals surface area contributed by atoms with Gasteiger partial charge in [0.15, 0.2) is 6.10 Å². The van der Waals surface area contributed by atoms with Crippen LogP contribution >= 0.6 is 11.6 Å². The highest BCUT2D eigenvalue weighted by Gasteiger charge is 2.32. The van der Waals surface area contributed by atoms with Crippen LogP contribution in [0.25, 0.3) is 0 Å². The predicted molar refractivity (Wildman–Crippen MR) is 78.5 cm³/mol. The van der Waals surface area contributed by atoms with Crippen molar-refractivity contribution in [2.45, 2.75) is 39.3 Å². The molecule has 2 atom stereocenters. The SMILES string of the molecule is CC(C)[C@@](C)(C#N)NC(=O)[C@H](C)Oc1ccc(F)cc1Cl. The molecule has 0 heterocycles. The number of benzene rings is 1. The Morgan fingerprint density at radius 1 is 1.48 bits per heavy atom.